The first-order valence-electron chi connectivity index (χ1n) is 5.76. The highest BCUT2D eigenvalue weighted by Gasteiger charge is 2.28. The fourth-order valence-corrected chi connectivity index (χ4v) is 2.35. The van der Waals surface area contributed by atoms with Crippen LogP contribution in [0, 0.1) is 0 Å². The molecule has 1 fully saturated rings. The minimum atomic E-state index is -0.967. The molecule has 0 aliphatic carbocycles. The molecule has 2 unspecified atom stereocenters. The molecule has 98 valence electrons. The number of rotatable bonds is 2. The molecular weight excluding hydrogens is 300 g/mol. The van der Waals surface area contributed by atoms with Gasteiger partial charge < -0.3 is 14.7 Å². The summed E-state index contributed by atoms with van der Waals surface area (Å²) in [4.78, 5) is 17.5. The number of hydrogen-bond donors (Lipinski definition) is 1. The van der Waals surface area contributed by atoms with Gasteiger partial charge in [-0.05, 0) is 35.8 Å². The Labute approximate surface area is 114 Å². The fraction of sp³-hybridized carbons (Fsp3) is 0.500. The van der Waals surface area contributed by atoms with Gasteiger partial charge >= 0.3 is 5.97 Å². The number of pyridine rings is 1. The Morgan fingerprint density at radius 3 is 3.00 bits per heavy atom. The molecule has 0 radical (unpaired) electrons. The number of morpholine rings is 1. The van der Waals surface area contributed by atoms with E-state index >= 15 is 0 Å². The van der Waals surface area contributed by atoms with Crippen LogP contribution in [0.1, 0.15) is 24.2 Å². The number of aromatic nitrogens is 1. The zero-order valence-electron chi connectivity index (χ0n) is 10.3. The first-order chi connectivity index (χ1) is 8.49. The third kappa shape index (κ3) is 2.64. The first-order valence-corrected chi connectivity index (χ1v) is 6.55. The van der Waals surface area contributed by atoms with Crippen molar-refractivity contribution in [1.29, 1.82) is 0 Å². The maximum Gasteiger partial charge on any atom is 0.339 e. The highest BCUT2D eigenvalue weighted by Crippen LogP contribution is 2.25. The van der Waals surface area contributed by atoms with Gasteiger partial charge in [-0.3, -0.25) is 0 Å². The van der Waals surface area contributed by atoms with Crippen LogP contribution in [-0.2, 0) is 4.74 Å². The van der Waals surface area contributed by atoms with E-state index in [4.69, 9.17) is 4.74 Å². The summed E-state index contributed by atoms with van der Waals surface area (Å²) in [7, 11) is 0. The number of carbonyl (C=O) groups is 1. The molecule has 0 spiro atoms. The number of nitrogens with zero attached hydrogens (tertiary/aromatic N) is 2. The summed E-state index contributed by atoms with van der Waals surface area (Å²) in [5, 5.41) is 9.25. The van der Waals surface area contributed by atoms with Crippen LogP contribution < -0.4 is 4.90 Å². The fourth-order valence-electron chi connectivity index (χ4n) is 2.02. The standard InChI is InChI=1S/C12H15BrN2O3/c1-7-6-18-8(2)5-15(7)11-10(12(16)17)3-9(13)4-14-11/h3-4,7-8H,5-6H2,1-2H3,(H,16,17). The second kappa shape index (κ2) is 5.24. The van der Waals surface area contributed by atoms with Gasteiger partial charge in [-0.25, -0.2) is 9.78 Å². The van der Waals surface area contributed by atoms with Gasteiger partial charge in [-0.1, -0.05) is 0 Å². The maximum atomic E-state index is 11.3. The summed E-state index contributed by atoms with van der Waals surface area (Å²) in [6, 6.07) is 1.70. The van der Waals surface area contributed by atoms with Crippen molar-refractivity contribution >= 4 is 27.7 Å². The first kappa shape index (κ1) is 13.3. The quantitative estimate of drug-likeness (QED) is 0.906. The van der Waals surface area contributed by atoms with Crippen molar-refractivity contribution in [3.8, 4) is 0 Å². The largest absolute Gasteiger partial charge is 0.478 e. The Morgan fingerprint density at radius 2 is 2.33 bits per heavy atom. The molecule has 0 bridgehead atoms. The molecule has 2 heterocycles. The van der Waals surface area contributed by atoms with Crippen LogP contribution in [0.4, 0.5) is 5.82 Å². The SMILES string of the molecule is CC1CN(c2ncc(Br)cc2C(=O)O)C(C)CO1. The Morgan fingerprint density at radius 1 is 1.61 bits per heavy atom. The van der Waals surface area contributed by atoms with Gasteiger partial charge in [0.05, 0.1) is 18.8 Å². The van der Waals surface area contributed by atoms with Crippen molar-refractivity contribution in [3.05, 3.63) is 22.3 Å². The molecular formula is C12H15BrN2O3. The second-order valence-corrected chi connectivity index (χ2v) is 5.39. The van der Waals surface area contributed by atoms with E-state index < -0.39 is 5.97 Å². The third-order valence-electron chi connectivity index (χ3n) is 2.94. The molecule has 0 saturated carbocycles. The lowest BCUT2D eigenvalue weighted by Crippen LogP contribution is -2.48. The predicted molar refractivity (Wildman–Crippen MR) is 71.1 cm³/mol. The maximum absolute atomic E-state index is 11.3. The molecule has 1 aromatic rings. The Balaban J connectivity index is 2.40. The van der Waals surface area contributed by atoms with E-state index in [0.29, 0.717) is 23.4 Å². The number of carboxylic acids is 1. The highest BCUT2D eigenvalue weighted by molar-refractivity contribution is 9.10. The van der Waals surface area contributed by atoms with Crippen LogP contribution in [0.5, 0.6) is 0 Å². The van der Waals surface area contributed by atoms with Gasteiger partial charge in [0.1, 0.15) is 11.4 Å². The van der Waals surface area contributed by atoms with Crippen molar-refractivity contribution < 1.29 is 14.6 Å². The average Bonchev–Trinajstić information content (AvgIpc) is 2.32. The van der Waals surface area contributed by atoms with E-state index in [0.717, 1.165) is 0 Å². The van der Waals surface area contributed by atoms with Crippen LogP contribution in [0.25, 0.3) is 0 Å². The van der Waals surface area contributed by atoms with E-state index in [1.165, 1.54) is 0 Å². The summed E-state index contributed by atoms with van der Waals surface area (Å²) in [5.41, 5.74) is 0.213. The predicted octanol–water partition coefficient (Wildman–Crippen LogP) is 2.16. The molecule has 1 N–H and O–H groups in total. The average molecular weight is 315 g/mol. The van der Waals surface area contributed by atoms with Crippen molar-refractivity contribution in [2.45, 2.75) is 26.0 Å². The molecule has 0 aromatic carbocycles. The molecule has 1 saturated heterocycles. The lowest BCUT2D eigenvalue weighted by atomic mass is 10.1. The molecule has 0 amide bonds. The van der Waals surface area contributed by atoms with Gasteiger partial charge in [0, 0.05) is 17.2 Å². The van der Waals surface area contributed by atoms with Crippen LogP contribution >= 0.6 is 15.9 Å². The third-order valence-corrected chi connectivity index (χ3v) is 3.38. The number of hydrogen-bond acceptors (Lipinski definition) is 4. The molecule has 6 heteroatoms. The van der Waals surface area contributed by atoms with E-state index in [1.54, 1.807) is 12.3 Å². The zero-order chi connectivity index (χ0) is 13.3. The van der Waals surface area contributed by atoms with Gasteiger partial charge in [-0.15, -0.1) is 0 Å². The van der Waals surface area contributed by atoms with Gasteiger partial charge in [0.15, 0.2) is 0 Å². The molecule has 1 aromatic heterocycles. The molecule has 18 heavy (non-hydrogen) atoms. The van der Waals surface area contributed by atoms with Crippen LogP contribution in [-0.4, -0.2) is 41.4 Å². The molecule has 2 atom stereocenters. The monoisotopic (exact) mass is 314 g/mol. The Kier molecular flexibility index (Phi) is 3.87. The summed E-state index contributed by atoms with van der Waals surface area (Å²) in [6.07, 6.45) is 1.70. The zero-order valence-corrected chi connectivity index (χ0v) is 11.8. The summed E-state index contributed by atoms with van der Waals surface area (Å²) < 4.78 is 6.20. The van der Waals surface area contributed by atoms with Crippen molar-refractivity contribution in [2.75, 3.05) is 18.1 Å². The summed E-state index contributed by atoms with van der Waals surface area (Å²) in [6.45, 7) is 5.20. The normalized spacial score (nSPS) is 24.1. The Hall–Kier alpha value is -1.14. The van der Waals surface area contributed by atoms with Gasteiger partial charge in [0.2, 0.25) is 0 Å². The van der Waals surface area contributed by atoms with Crippen molar-refractivity contribution in [3.63, 3.8) is 0 Å². The second-order valence-electron chi connectivity index (χ2n) is 4.48. The van der Waals surface area contributed by atoms with Crippen molar-refractivity contribution in [2.24, 2.45) is 0 Å². The molecule has 2 rings (SSSR count). The number of halogens is 1. The lowest BCUT2D eigenvalue weighted by molar-refractivity contribution is 0.0338. The van der Waals surface area contributed by atoms with Gasteiger partial charge in [0.25, 0.3) is 0 Å². The minimum Gasteiger partial charge on any atom is -0.478 e. The number of aromatic carboxylic acids is 1. The lowest BCUT2D eigenvalue weighted by Gasteiger charge is -2.38. The molecule has 5 nitrogen and oxygen atoms in total. The molecule has 1 aliphatic heterocycles. The molecule has 1 aliphatic rings. The Bertz CT molecular complexity index is 467. The van der Waals surface area contributed by atoms with Crippen LogP contribution in [0.2, 0.25) is 0 Å². The van der Waals surface area contributed by atoms with Gasteiger partial charge in [-0.2, -0.15) is 0 Å². The van der Waals surface area contributed by atoms with E-state index in [9.17, 15) is 9.90 Å². The number of ether oxygens (including phenoxy) is 1. The summed E-state index contributed by atoms with van der Waals surface area (Å²) >= 11 is 3.25. The minimum absolute atomic E-state index is 0.0771. The summed E-state index contributed by atoms with van der Waals surface area (Å²) in [5.74, 6) is -0.460. The van der Waals surface area contributed by atoms with E-state index in [-0.39, 0.29) is 17.7 Å². The topological polar surface area (TPSA) is 62.7 Å². The van der Waals surface area contributed by atoms with Crippen LogP contribution in [0.3, 0.4) is 0 Å². The van der Waals surface area contributed by atoms with E-state index in [2.05, 4.69) is 20.9 Å². The smallest absolute Gasteiger partial charge is 0.339 e. The highest BCUT2D eigenvalue weighted by atomic mass is 79.9. The van der Waals surface area contributed by atoms with E-state index in [1.807, 2.05) is 18.7 Å². The van der Waals surface area contributed by atoms with Crippen LogP contribution in [0.15, 0.2) is 16.7 Å². The number of carboxylic acid groups (broad SMARTS) is 1. The number of anilines is 1. The van der Waals surface area contributed by atoms with Crippen molar-refractivity contribution in [1.82, 2.24) is 4.98 Å².